The van der Waals surface area contributed by atoms with Crippen LogP contribution in [-0.4, -0.2) is 42.5 Å². The molecule has 0 bridgehead atoms. The van der Waals surface area contributed by atoms with Gasteiger partial charge in [-0.25, -0.2) is 0 Å². The zero-order valence-electron chi connectivity index (χ0n) is 6.27. The molecule has 0 fully saturated rings. The van der Waals surface area contributed by atoms with Crippen LogP contribution in [0.4, 0.5) is 0 Å². The van der Waals surface area contributed by atoms with Gasteiger partial charge < -0.3 is 5.73 Å². The maximum absolute atomic E-state index is 10.6. The van der Waals surface area contributed by atoms with Crippen LogP contribution >= 0.6 is 0 Å². The molecular formula is C7H10NNaO3S. The van der Waals surface area contributed by atoms with Crippen molar-refractivity contribution in [3.05, 3.63) is 29.8 Å². The quantitative estimate of drug-likeness (QED) is 0.522. The number of rotatable bonds is 2. The van der Waals surface area contributed by atoms with Gasteiger partial charge in [-0.15, -0.1) is 0 Å². The fourth-order valence-electron chi connectivity index (χ4n) is 0.798. The summed E-state index contributed by atoms with van der Waals surface area (Å²) in [5, 5.41) is 0. The second-order valence-electron chi connectivity index (χ2n) is 2.32. The van der Waals surface area contributed by atoms with Gasteiger partial charge in [-0.1, -0.05) is 12.1 Å². The molecule has 0 aliphatic rings. The number of hydrogen-bond acceptors (Lipinski definition) is 3. The van der Waals surface area contributed by atoms with E-state index in [0.29, 0.717) is 6.54 Å². The second-order valence-corrected chi connectivity index (χ2v) is 3.74. The summed E-state index contributed by atoms with van der Waals surface area (Å²) in [6.45, 7) is 0.353. The Morgan fingerprint density at radius 3 is 2.00 bits per heavy atom. The van der Waals surface area contributed by atoms with E-state index in [1.807, 2.05) is 0 Å². The summed E-state index contributed by atoms with van der Waals surface area (Å²) in [6, 6.07) is 5.75. The molecule has 0 saturated carbocycles. The van der Waals surface area contributed by atoms with Crippen LogP contribution in [0.25, 0.3) is 0 Å². The molecule has 0 atom stereocenters. The minimum atomic E-state index is -4.07. The summed E-state index contributed by atoms with van der Waals surface area (Å²) >= 11 is 0. The fourth-order valence-corrected chi connectivity index (χ4v) is 1.28. The third-order valence-electron chi connectivity index (χ3n) is 1.46. The summed E-state index contributed by atoms with van der Waals surface area (Å²) < 4.78 is 29.7. The minimum absolute atomic E-state index is 0. The Balaban J connectivity index is 0.00000144. The molecule has 0 aromatic heterocycles. The Morgan fingerprint density at radius 1 is 1.23 bits per heavy atom. The Morgan fingerprint density at radius 2 is 1.69 bits per heavy atom. The van der Waals surface area contributed by atoms with Gasteiger partial charge in [0.15, 0.2) is 0 Å². The summed E-state index contributed by atoms with van der Waals surface area (Å²) in [6.07, 6.45) is 0. The molecule has 0 unspecified atom stereocenters. The van der Waals surface area contributed by atoms with Crippen LogP contribution in [0.2, 0.25) is 0 Å². The summed E-state index contributed by atoms with van der Waals surface area (Å²) in [7, 11) is -4.07. The van der Waals surface area contributed by atoms with E-state index in [1.54, 1.807) is 12.1 Å². The zero-order chi connectivity index (χ0) is 9.19. The standard InChI is InChI=1S/C7H9NO3S.Na.H/c8-5-6-1-3-7(4-2-6)12(9,10)11;;/h1-4H,5,8H2,(H,9,10,11);;. The first-order valence-corrected chi connectivity index (χ1v) is 4.74. The van der Waals surface area contributed by atoms with E-state index >= 15 is 0 Å². The normalized spacial score (nSPS) is 10.6. The molecular weight excluding hydrogens is 201 g/mol. The van der Waals surface area contributed by atoms with Gasteiger partial charge in [-0.05, 0) is 17.7 Å². The van der Waals surface area contributed by atoms with Crippen LogP contribution in [0.5, 0.6) is 0 Å². The van der Waals surface area contributed by atoms with Gasteiger partial charge in [-0.3, -0.25) is 4.55 Å². The van der Waals surface area contributed by atoms with E-state index < -0.39 is 10.1 Å². The van der Waals surface area contributed by atoms with E-state index in [9.17, 15) is 8.42 Å². The van der Waals surface area contributed by atoms with Crippen molar-refractivity contribution in [1.82, 2.24) is 0 Å². The van der Waals surface area contributed by atoms with Gasteiger partial charge in [0.25, 0.3) is 10.1 Å². The predicted octanol–water partition coefficient (Wildman–Crippen LogP) is -0.257. The SMILES string of the molecule is NCc1ccc(S(=O)(=O)O)cc1.[NaH]. The molecule has 4 nitrogen and oxygen atoms in total. The van der Waals surface area contributed by atoms with E-state index in [4.69, 9.17) is 10.3 Å². The van der Waals surface area contributed by atoms with E-state index in [2.05, 4.69) is 0 Å². The average molecular weight is 211 g/mol. The fraction of sp³-hybridized carbons (Fsp3) is 0.143. The molecule has 1 rings (SSSR count). The summed E-state index contributed by atoms with van der Waals surface area (Å²) in [5.74, 6) is 0. The van der Waals surface area contributed by atoms with Crippen molar-refractivity contribution in [2.45, 2.75) is 11.4 Å². The molecule has 1 aromatic carbocycles. The molecule has 1 aromatic rings. The molecule has 0 amide bonds. The van der Waals surface area contributed by atoms with Crippen LogP contribution in [0.15, 0.2) is 29.2 Å². The second kappa shape index (κ2) is 5.09. The van der Waals surface area contributed by atoms with Gasteiger partial charge >= 0.3 is 29.6 Å². The molecule has 68 valence electrons. The van der Waals surface area contributed by atoms with Gasteiger partial charge in [0.2, 0.25) is 0 Å². The Bertz CT molecular complexity index is 360. The van der Waals surface area contributed by atoms with Crippen molar-refractivity contribution in [1.29, 1.82) is 0 Å². The first kappa shape index (κ1) is 13.1. The molecule has 0 spiro atoms. The molecule has 13 heavy (non-hydrogen) atoms. The van der Waals surface area contributed by atoms with E-state index in [-0.39, 0.29) is 34.5 Å². The zero-order valence-corrected chi connectivity index (χ0v) is 7.08. The monoisotopic (exact) mass is 211 g/mol. The molecule has 0 heterocycles. The Kier molecular flexibility index (Phi) is 5.13. The number of nitrogens with two attached hydrogens (primary N) is 1. The van der Waals surface area contributed by atoms with Gasteiger partial charge in [0.05, 0.1) is 4.90 Å². The molecule has 0 radical (unpaired) electrons. The summed E-state index contributed by atoms with van der Waals surface area (Å²) in [4.78, 5) is -0.111. The van der Waals surface area contributed by atoms with E-state index in [1.165, 1.54) is 12.1 Å². The van der Waals surface area contributed by atoms with Crippen molar-refractivity contribution in [3.63, 3.8) is 0 Å². The number of hydrogen-bond donors (Lipinski definition) is 2. The van der Waals surface area contributed by atoms with Gasteiger partial charge in [0, 0.05) is 6.54 Å². The molecule has 0 aliphatic heterocycles. The van der Waals surface area contributed by atoms with Gasteiger partial charge in [-0.2, -0.15) is 8.42 Å². The van der Waals surface area contributed by atoms with Crippen LogP contribution in [-0.2, 0) is 16.7 Å². The van der Waals surface area contributed by atoms with Gasteiger partial charge in [0.1, 0.15) is 0 Å². The third-order valence-corrected chi connectivity index (χ3v) is 2.32. The van der Waals surface area contributed by atoms with Crippen molar-refractivity contribution in [2.24, 2.45) is 5.73 Å². The average Bonchev–Trinajstić information content (AvgIpc) is 2.03. The Labute approximate surface area is 99.2 Å². The Hall–Kier alpha value is 0.0900. The van der Waals surface area contributed by atoms with Crippen LogP contribution in [0, 0.1) is 0 Å². The third kappa shape index (κ3) is 3.76. The van der Waals surface area contributed by atoms with E-state index in [0.717, 1.165) is 5.56 Å². The maximum atomic E-state index is 10.6. The first-order valence-electron chi connectivity index (χ1n) is 3.30. The van der Waals surface area contributed by atoms with Crippen LogP contribution in [0.3, 0.4) is 0 Å². The van der Waals surface area contributed by atoms with Crippen molar-refractivity contribution < 1.29 is 13.0 Å². The summed E-state index contributed by atoms with van der Waals surface area (Å²) in [5.41, 5.74) is 6.12. The van der Waals surface area contributed by atoms with Crippen LogP contribution in [0.1, 0.15) is 5.56 Å². The molecule has 0 aliphatic carbocycles. The van der Waals surface area contributed by atoms with Crippen molar-refractivity contribution >= 4 is 39.7 Å². The molecule has 3 N–H and O–H groups in total. The van der Waals surface area contributed by atoms with Crippen molar-refractivity contribution in [2.75, 3.05) is 0 Å². The molecule has 0 saturated heterocycles. The van der Waals surface area contributed by atoms with Crippen molar-refractivity contribution in [3.8, 4) is 0 Å². The predicted molar refractivity (Wildman–Crippen MR) is 51.3 cm³/mol. The topological polar surface area (TPSA) is 80.4 Å². The first-order chi connectivity index (χ1) is 5.54. The molecule has 6 heteroatoms. The number of benzene rings is 1. The van der Waals surface area contributed by atoms with Crippen LogP contribution < -0.4 is 5.73 Å².